The number of rotatable bonds is 6. The van der Waals surface area contributed by atoms with Gasteiger partial charge in [-0.2, -0.15) is 0 Å². The number of nitrogens with zero attached hydrogens (tertiary/aromatic N) is 7. The van der Waals surface area contributed by atoms with Crippen LogP contribution in [0.1, 0.15) is 12.0 Å². The van der Waals surface area contributed by atoms with Crippen LogP contribution in [0, 0.1) is 0 Å². The molecule has 1 atom stereocenters. The van der Waals surface area contributed by atoms with Gasteiger partial charge in [0.25, 0.3) is 0 Å². The number of fused-ring (bicyclic) bond motifs is 1. The zero-order chi connectivity index (χ0) is 24.5. The number of nitrogens with one attached hydrogen (secondary N) is 2. The van der Waals surface area contributed by atoms with Gasteiger partial charge in [0.15, 0.2) is 5.65 Å². The van der Waals surface area contributed by atoms with Crippen LogP contribution >= 0.6 is 15.9 Å². The number of anilines is 2. The van der Waals surface area contributed by atoms with Gasteiger partial charge >= 0.3 is 0 Å². The van der Waals surface area contributed by atoms with E-state index in [4.69, 9.17) is 4.98 Å². The van der Waals surface area contributed by atoms with Crippen LogP contribution in [0.3, 0.4) is 0 Å². The molecule has 0 bridgehead atoms. The molecule has 1 aromatic carbocycles. The summed E-state index contributed by atoms with van der Waals surface area (Å²) in [5, 5.41) is 3.70. The monoisotopic (exact) mass is 547 g/mol. The van der Waals surface area contributed by atoms with E-state index in [1.54, 1.807) is 6.33 Å². The first kappa shape index (κ1) is 23.3. The predicted molar refractivity (Wildman–Crippen MR) is 146 cm³/mol. The minimum Gasteiger partial charge on any atom is -0.378 e. The maximum atomic E-state index is 4.80. The molecule has 0 amide bonds. The first-order valence-electron chi connectivity index (χ1n) is 12.4. The van der Waals surface area contributed by atoms with Crippen molar-refractivity contribution in [3.05, 3.63) is 59.2 Å². The topological polar surface area (TPSA) is 89.1 Å². The fourth-order valence-electron chi connectivity index (χ4n) is 5.13. The minimum atomic E-state index is 0.421. The molecule has 0 spiro atoms. The summed E-state index contributed by atoms with van der Waals surface area (Å²) in [6.45, 7) is 7.09. The zero-order valence-corrected chi connectivity index (χ0v) is 21.9. The van der Waals surface area contributed by atoms with E-state index < -0.39 is 0 Å². The van der Waals surface area contributed by atoms with E-state index in [1.807, 2.05) is 18.6 Å². The molecule has 9 nitrogen and oxygen atoms in total. The highest BCUT2D eigenvalue weighted by atomic mass is 79.9. The second-order valence-electron chi connectivity index (χ2n) is 9.71. The van der Waals surface area contributed by atoms with Crippen LogP contribution in [0.5, 0.6) is 0 Å². The van der Waals surface area contributed by atoms with Crippen LogP contribution in [-0.4, -0.2) is 87.1 Å². The predicted octanol–water partition coefficient (Wildman–Crippen LogP) is 3.62. The van der Waals surface area contributed by atoms with Gasteiger partial charge in [-0.25, -0.2) is 19.9 Å². The van der Waals surface area contributed by atoms with Gasteiger partial charge in [-0.15, -0.1) is 0 Å². The average molecular weight is 548 g/mol. The summed E-state index contributed by atoms with van der Waals surface area (Å²) in [7, 11) is 2.16. The van der Waals surface area contributed by atoms with Gasteiger partial charge in [0.1, 0.15) is 17.7 Å². The van der Waals surface area contributed by atoms with Gasteiger partial charge in [0, 0.05) is 80.7 Å². The molecule has 0 radical (unpaired) electrons. The Labute approximate surface area is 219 Å². The Bertz CT molecular complexity index is 1320. The van der Waals surface area contributed by atoms with Crippen molar-refractivity contribution in [3.8, 4) is 11.4 Å². The largest absolute Gasteiger partial charge is 0.378 e. The van der Waals surface area contributed by atoms with Crippen LogP contribution in [0.4, 0.5) is 11.4 Å². The number of imidazole rings is 1. The van der Waals surface area contributed by atoms with E-state index in [-0.39, 0.29) is 0 Å². The number of likely N-dealkylation sites (N-methyl/N-ethyl adjacent to an activating group) is 1. The number of halogens is 1. The molecule has 0 saturated carbocycles. The second kappa shape index (κ2) is 10.1. The molecule has 10 heteroatoms. The lowest BCUT2D eigenvalue weighted by Crippen LogP contribution is -2.45. The van der Waals surface area contributed by atoms with E-state index in [2.05, 4.69) is 87.2 Å². The summed E-state index contributed by atoms with van der Waals surface area (Å²) in [5.74, 6) is 0.837. The summed E-state index contributed by atoms with van der Waals surface area (Å²) >= 11 is 3.68. The molecular formula is C26H30BrN9. The van der Waals surface area contributed by atoms with Crippen LogP contribution in [0.25, 0.3) is 22.6 Å². The lowest BCUT2D eigenvalue weighted by Gasteiger charge is -2.36. The third-order valence-corrected chi connectivity index (χ3v) is 7.71. The fourth-order valence-corrected chi connectivity index (χ4v) is 5.55. The van der Waals surface area contributed by atoms with Crippen molar-refractivity contribution in [1.82, 2.24) is 34.7 Å². The Morgan fingerprint density at radius 3 is 2.53 bits per heavy atom. The third kappa shape index (κ3) is 4.93. The number of benzene rings is 1. The first-order valence-corrected chi connectivity index (χ1v) is 13.2. The Kier molecular flexibility index (Phi) is 6.56. The van der Waals surface area contributed by atoms with Crippen molar-refractivity contribution in [3.63, 3.8) is 0 Å². The van der Waals surface area contributed by atoms with E-state index >= 15 is 0 Å². The molecule has 2 fully saturated rings. The molecule has 5 heterocycles. The number of pyridine rings is 1. The molecule has 0 aliphatic carbocycles. The Hall–Kier alpha value is -3.08. The highest BCUT2D eigenvalue weighted by Crippen LogP contribution is 2.32. The molecule has 6 rings (SSSR count). The summed E-state index contributed by atoms with van der Waals surface area (Å²) in [6, 6.07) is 9.11. The Morgan fingerprint density at radius 1 is 1.03 bits per heavy atom. The summed E-state index contributed by atoms with van der Waals surface area (Å²) in [6.07, 6.45) is 8.34. The van der Waals surface area contributed by atoms with Gasteiger partial charge in [0.05, 0.1) is 10.2 Å². The molecule has 3 aromatic heterocycles. The van der Waals surface area contributed by atoms with E-state index in [9.17, 15) is 0 Å². The van der Waals surface area contributed by atoms with Gasteiger partial charge in [-0.3, -0.25) is 4.90 Å². The van der Waals surface area contributed by atoms with Crippen LogP contribution in [0.2, 0.25) is 0 Å². The van der Waals surface area contributed by atoms with Crippen molar-refractivity contribution >= 4 is 38.5 Å². The summed E-state index contributed by atoms with van der Waals surface area (Å²) in [5.41, 5.74) is 6.17. The lowest BCUT2D eigenvalue weighted by molar-refractivity contribution is 0.249. The van der Waals surface area contributed by atoms with Crippen LogP contribution in [0.15, 0.2) is 53.7 Å². The maximum Gasteiger partial charge on any atom is 0.180 e. The molecule has 2 aliphatic rings. The first-order chi connectivity index (χ1) is 17.6. The van der Waals surface area contributed by atoms with Crippen molar-refractivity contribution in [2.24, 2.45) is 0 Å². The van der Waals surface area contributed by atoms with Crippen molar-refractivity contribution in [2.45, 2.75) is 19.0 Å². The second-order valence-corrected chi connectivity index (χ2v) is 10.6. The lowest BCUT2D eigenvalue weighted by atomic mass is 10.1. The zero-order valence-electron chi connectivity index (χ0n) is 20.4. The molecule has 1 unspecified atom stereocenters. The Morgan fingerprint density at radius 2 is 1.81 bits per heavy atom. The molecular weight excluding hydrogens is 518 g/mol. The van der Waals surface area contributed by atoms with Crippen molar-refractivity contribution in [2.75, 3.05) is 56.5 Å². The third-order valence-electron chi connectivity index (χ3n) is 7.11. The van der Waals surface area contributed by atoms with Crippen molar-refractivity contribution < 1.29 is 0 Å². The van der Waals surface area contributed by atoms with Gasteiger partial charge < -0.3 is 20.1 Å². The van der Waals surface area contributed by atoms with Gasteiger partial charge in [-0.05, 0) is 60.2 Å². The summed E-state index contributed by atoms with van der Waals surface area (Å²) < 4.78 is 0.953. The summed E-state index contributed by atoms with van der Waals surface area (Å²) in [4.78, 5) is 28.4. The van der Waals surface area contributed by atoms with Gasteiger partial charge in [0.2, 0.25) is 0 Å². The number of aromatic amines is 1. The SMILES string of the molecule is CN1CCC(Nc2c(Br)cnc3nc(-c4ccc(N5CCN(Cc6cncnc6)CC5)cc4)[nH]c23)C1. The van der Waals surface area contributed by atoms with Crippen LogP contribution in [-0.2, 0) is 6.54 Å². The highest BCUT2D eigenvalue weighted by molar-refractivity contribution is 9.10. The van der Waals surface area contributed by atoms with E-state index in [0.29, 0.717) is 6.04 Å². The number of piperazine rings is 1. The molecule has 2 N–H and O–H groups in total. The molecule has 4 aromatic rings. The smallest absolute Gasteiger partial charge is 0.180 e. The number of aromatic nitrogens is 5. The number of hydrogen-bond acceptors (Lipinski definition) is 8. The number of likely N-dealkylation sites (tertiary alicyclic amines) is 1. The molecule has 2 aliphatic heterocycles. The molecule has 2 saturated heterocycles. The highest BCUT2D eigenvalue weighted by Gasteiger charge is 2.22. The normalized spacial score (nSPS) is 19.3. The van der Waals surface area contributed by atoms with E-state index in [1.165, 1.54) is 5.69 Å². The van der Waals surface area contributed by atoms with E-state index in [0.717, 1.165) is 90.5 Å². The van der Waals surface area contributed by atoms with Crippen LogP contribution < -0.4 is 10.2 Å². The number of H-pyrrole nitrogens is 1. The molecule has 186 valence electrons. The molecule has 36 heavy (non-hydrogen) atoms. The quantitative estimate of drug-likeness (QED) is 0.378. The Balaban J connectivity index is 1.14. The standard InChI is InChI=1S/C26H30BrN9/c1-34-7-6-20(16-34)31-23-22(27)14-30-26-24(23)32-25(33-26)19-2-4-21(5-3-19)36-10-8-35(9-11-36)15-18-12-28-17-29-13-18/h2-5,12-14,17,20H,6-11,15-16H2,1H3,(H2,30,31,32,33). The van der Waals surface area contributed by atoms with Gasteiger partial charge in [-0.1, -0.05) is 0 Å². The fraction of sp³-hybridized carbons (Fsp3) is 0.385. The minimum absolute atomic E-state index is 0.421. The van der Waals surface area contributed by atoms with Crippen molar-refractivity contribution in [1.29, 1.82) is 0 Å². The average Bonchev–Trinajstić information content (AvgIpc) is 3.53. The number of hydrogen-bond donors (Lipinski definition) is 2. The maximum absolute atomic E-state index is 4.80.